The third-order valence-electron chi connectivity index (χ3n) is 5.35. The van der Waals surface area contributed by atoms with E-state index >= 15 is 0 Å². The number of nitrogens with zero attached hydrogens (tertiary/aromatic N) is 3. The molecular weight excluding hydrogens is 385 g/mol. The van der Waals surface area contributed by atoms with Gasteiger partial charge in [-0.25, -0.2) is 4.39 Å². The number of rotatable bonds is 6. The minimum Gasteiger partial charge on any atom is -0.331 e. The molecule has 5 rings (SSSR count). The lowest BCUT2D eigenvalue weighted by Gasteiger charge is -2.23. The van der Waals surface area contributed by atoms with E-state index in [2.05, 4.69) is 9.55 Å². The fourth-order valence-electron chi connectivity index (χ4n) is 3.68. The third-order valence-corrected chi connectivity index (χ3v) is 6.20. The number of aromatic nitrogens is 2. The van der Waals surface area contributed by atoms with Gasteiger partial charge in [-0.15, -0.1) is 11.3 Å². The second-order valence-electron chi connectivity index (χ2n) is 7.43. The highest BCUT2D eigenvalue weighted by Gasteiger charge is 2.34. The molecule has 1 aliphatic carbocycles. The molecule has 0 bridgehead atoms. The molecule has 3 aromatic heterocycles. The van der Waals surface area contributed by atoms with E-state index in [4.69, 9.17) is 0 Å². The summed E-state index contributed by atoms with van der Waals surface area (Å²) in [5.74, 6) is -0.203. The molecule has 29 heavy (non-hydrogen) atoms. The zero-order valence-corrected chi connectivity index (χ0v) is 16.6. The van der Waals surface area contributed by atoms with Crippen LogP contribution in [0.1, 0.15) is 34.5 Å². The van der Waals surface area contributed by atoms with Gasteiger partial charge in [-0.05, 0) is 65.7 Å². The fraction of sp³-hybridized carbons (Fsp3) is 0.217. The summed E-state index contributed by atoms with van der Waals surface area (Å²) in [5.41, 5.74) is 3.79. The number of thiophene rings is 1. The largest absolute Gasteiger partial charge is 0.331 e. The Kier molecular flexibility index (Phi) is 4.64. The van der Waals surface area contributed by atoms with Crippen LogP contribution >= 0.6 is 11.3 Å². The lowest BCUT2D eigenvalue weighted by Crippen LogP contribution is -2.34. The lowest BCUT2D eigenvalue weighted by molar-refractivity contribution is 0.0720. The van der Waals surface area contributed by atoms with Crippen LogP contribution in [-0.2, 0) is 13.1 Å². The standard InChI is InChI=1S/C23H20FN3OS/c24-18-3-1-16(2-4-18)15-27-20-9-12-29-22(20)13-21(27)23(28)26(19-5-6-19)14-17-7-10-25-11-8-17/h1-4,7-13,19H,5-6,14-15H2. The number of hydrogen-bond acceptors (Lipinski definition) is 3. The maximum atomic E-state index is 13.6. The van der Waals surface area contributed by atoms with Crippen LogP contribution in [0.25, 0.3) is 10.2 Å². The number of pyridine rings is 1. The molecule has 3 heterocycles. The molecule has 0 spiro atoms. The van der Waals surface area contributed by atoms with Gasteiger partial charge in [-0.3, -0.25) is 9.78 Å². The minimum absolute atomic E-state index is 0.0508. The number of carbonyl (C=O) groups excluding carboxylic acids is 1. The average Bonchev–Trinajstić information content (AvgIpc) is 3.38. The highest BCUT2D eigenvalue weighted by atomic mass is 32.1. The molecule has 4 nitrogen and oxygen atoms in total. The molecule has 4 aromatic rings. The van der Waals surface area contributed by atoms with E-state index in [1.165, 1.54) is 12.1 Å². The first-order chi connectivity index (χ1) is 14.2. The second kappa shape index (κ2) is 7.44. The van der Waals surface area contributed by atoms with Crippen molar-refractivity contribution in [3.8, 4) is 0 Å². The van der Waals surface area contributed by atoms with Crippen molar-refractivity contribution in [2.75, 3.05) is 0 Å². The van der Waals surface area contributed by atoms with Crippen LogP contribution < -0.4 is 0 Å². The number of fused-ring (bicyclic) bond motifs is 1. The van der Waals surface area contributed by atoms with Crippen molar-refractivity contribution in [1.29, 1.82) is 0 Å². The van der Waals surface area contributed by atoms with E-state index in [0.29, 0.717) is 24.8 Å². The van der Waals surface area contributed by atoms with Crippen molar-refractivity contribution in [3.63, 3.8) is 0 Å². The van der Waals surface area contributed by atoms with Gasteiger partial charge in [0.05, 0.1) is 10.2 Å². The molecule has 0 aliphatic heterocycles. The molecular formula is C23H20FN3OS. The smallest absolute Gasteiger partial charge is 0.271 e. The van der Waals surface area contributed by atoms with Crippen molar-refractivity contribution in [2.45, 2.75) is 32.0 Å². The van der Waals surface area contributed by atoms with Gasteiger partial charge < -0.3 is 9.47 Å². The Balaban J connectivity index is 1.50. The maximum absolute atomic E-state index is 13.6. The predicted octanol–water partition coefficient (Wildman–Crippen LogP) is 5.09. The molecule has 0 radical (unpaired) electrons. The van der Waals surface area contributed by atoms with Gasteiger partial charge in [0, 0.05) is 31.5 Å². The molecule has 1 saturated carbocycles. The Bertz CT molecular complexity index is 1150. The number of benzene rings is 1. The molecule has 1 fully saturated rings. The van der Waals surface area contributed by atoms with Crippen LogP contribution in [0, 0.1) is 5.82 Å². The van der Waals surface area contributed by atoms with E-state index in [1.807, 2.05) is 34.5 Å². The van der Waals surface area contributed by atoms with Crippen molar-refractivity contribution < 1.29 is 9.18 Å². The van der Waals surface area contributed by atoms with Crippen LogP contribution in [0.4, 0.5) is 4.39 Å². The summed E-state index contributed by atoms with van der Waals surface area (Å²) in [4.78, 5) is 19.7. The van der Waals surface area contributed by atoms with Gasteiger partial charge in [-0.1, -0.05) is 12.1 Å². The maximum Gasteiger partial charge on any atom is 0.271 e. The third kappa shape index (κ3) is 3.68. The average molecular weight is 405 g/mol. The molecule has 1 aliphatic rings. The minimum atomic E-state index is -0.254. The summed E-state index contributed by atoms with van der Waals surface area (Å²) in [5, 5.41) is 2.04. The Morgan fingerprint density at radius 1 is 1.10 bits per heavy atom. The Morgan fingerprint density at radius 2 is 1.86 bits per heavy atom. The zero-order valence-electron chi connectivity index (χ0n) is 15.8. The number of hydrogen-bond donors (Lipinski definition) is 0. The van der Waals surface area contributed by atoms with E-state index in [9.17, 15) is 9.18 Å². The zero-order chi connectivity index (χ0) is 19.8. The lowest BCUT2D eigenvalue weighted by atomic mass is 10.2. The second-order valence-corrected chi connectivity index (χ2v) is 8.38. The van der Waals surface area contributed by atoms with Crippen LogP contribution in [0.15, 0.2) is 66.3 Å². The van der Waals surface area contributed by atoms with Crippen molar-refractivity contribution in [2.24, 2.45) is 0 Å². The van der Waals surface area contributed by atoms with Crippen LogP contribution in [0.3, 0.4) is 0 Å². The van der Waals surface area contributed by atoms with Gasteiger partial charge in [0.1, 0.15) is 11.5 Å². The molecule has 146 valence electrons. The molecule has 1 aromatic carbocycles. The number of halogens is 1. The predicted molar refractivity (Wildman–Crippen MR) is 112 cm³/mol. The Labute approximate surface area is 172 Å². The summed E-state index contributed by atoms with van der Waals surface area (Å²) in [6.45, 7) is 1.12. The van der Waals surface area contributed by atoms with E-state index in [0.717, 1.165) is 34.2 Å². The van der Waals surface area contributed by atoms with Crippen molar-refractivity contribution in [1.82, 2.24) is 14.5 Å². The van der Waals surface area contributed by atoms with E-state index < -0.39 is 0 Å². The molecule has 0 saturated heterocycles. The topological polar surface area (TPSA) is 38.1 Å². The van der Waals surface area contributed by atoms with Crippen LogP contribution in [0.5, 0.6) is 0 Å². The van der Waals surface area contributed by atoms with Gasteiger partial charge >= 0.3 is 0 Å². The van der Waals surface area contributed by atoms with Crippen molar-refractivity contribution >= 4 is 27.5 Å². The summed E-state index contributed by atoms with van der Waals surface area (Å²) >= 11 is 1.63. The van der Waals surface area contributed by atoms with Crippen molar-refractivity contribution in [3.05, 3.63) is 88.9 Å². The van der Waals surface area contributed by atoms with Gasteiger partial charge in [0.25, 0.3) is 5.91 Å². The number of carbonyl (C=O) groups is 1. The van der Waals surface area contributed by atoms with E-state index in [1.54, 1.807) is 35.9 Å². The monoisotopic (exact) mass is 405 g/mol. The molecule has 0 atom stereocenters. The molecule has 1 amide bonds. The highest BCUT2D eigenvalue weighted by Crippen LogP contribution is 2.32. The van der Waals surface area contributed by atoms with Crippen LogP contribution in [0.2, 0.25) is 0 Å². The summed E-state index contributed by atoms with van der Waals surface area (Å²) in [6, 6.07) is 14.7. The van der Waals surface area contributed by atoms with Gasteiger partial charge in [-0.2, -0.15) is 0 Å². The first-order valence-corrected chi connectivity index (χ1v) is 10.6. The first-order valence-electron chi connectivity index (χ1n) is 9.70. The summed E-state index contributed by atoms with van der Waals surface area (Å²) in [7, 11) is 0. The molecule has 0 unspecified atom stereocenters. The highest BCUT2D eigenvalue weighted by molar-refractivity contribution is 7.17. The van der Waals surface area contributed by atoms with Gasteiger partial charge in [0.2, 0.25) is 0 Å². The first kappa shape index (κ1) is 18.1. The summed E-state index contributed by atoms with van der Waals surface area (Å²) < 4.78 is 16.5. The summed E-state index contributed by atoms with van der Waals surface area (Å²) in [6.07, 6.45) is 5.61. The number of amides is 1. The van der Waals surface area contributed by atoms with E-state index in [-0.39, 0.29) is 11.7 Å². The Hall–Kier alpha value is -2.99. The van der Waals surface area contributed by atoms with Crippen LogP contribution in [-0.4, -0.2) is 26.4 Å². The van der Waals surface area contributed by atoms with Gasteiger partial charge in [0.15, 0.2) is 0 Å². The molecule has 0 N–H and O–H groups in total. The SMILES string of the molecule is O=C(c1cc2sccc2n1Cc1ccc(F)cc1)N(Cc1ccncc1)C1CC1. The Morgan fingerprint density at radius 3 is 2.59 bits per heavy atom. The molecule has 6 heteroatoms. The quantitative estimate of drug-likeness (QED) is 0.448. The fourth-order valence-corrected chi connectivity index (χ4v) is 4.50. The normalized spacial score (nSPS) is 13.7.